The number of benzene rings is 2. The van der Waals surface area contributed by atoms with Crippen LogP contribution in [-0.2, 0) is 30.8 Å². The first-order valence-electron chi connectivity index (χ1n) is 10.8. The molecule has 0 saturated heterocycles. The number of amides is 1. The summed E-state index contributed by atoms with van der Waals surface area (Å²) in [7, 11) is 0. The normalized spacial score (nSPS) is 13.6. The second kappa shape index (κ2) is 9.38. The molecule has 0 bridgehead atoms. The van der Waals surface area contributed by atoms with Crippen LogP contribution in [0, 0.1) is 11.7 Å². The number of nitrogens with one attached hydrogen (secondary N) is 2. The predicted molar refractivity (Wildman–Crippen MR) is 133 cm³/mol. The van der Waals surface area contributed by atoms with Gasteiger partial charge in [0.15, 0.2) is 15.7 Å². The van der Waals surface area contributed by atoms with E-state index < -0.39 is 0 Å². The molecule has 0 saturated carbocycles. The van der Waals surface area contributed by atoms with Crippen LogP contribution in [0.1, 0.15) is 21.7 Å². The Balaban J connectivity index is 1.26. The molecule has 0 atom stereocenters. The number of fused-ring (bicyclic) bond motifs is 1. The summed E-state index contributed by atoms with van der Waals surface area (Å²) in [5, 5.41) is 10.7. The number of carbonyl (C=O) groups is 1. The lowest BCUT2D eigenvalue weighted by Gasteiger charge is -2.25. The number of carbonyl (C=O) groups excluding carboxylic acids is 1. The molecular formula is C24H24N6OS2. The summed E-state index contributed by atoms with van der Waals surface area (Å²) in [5.41, 5.74) is 4.42. The lowest BCUT2D eigenvalue weighted by Crippen LogP contribution is -2.29. The van der Waals surface area contributed by atoms with Crippen molar-refractivity contribution in [3.63, 3.8) is 0 Å². The first-order valence-corrected chi connectivity index (χ1v) is 12.0. The highest BCUT2D eigenvalue weighted by Gasteiger charge is 2.22. The Hall–Kier alpha value is -3.14. The molecule has 9 heteroatoms. The number of hydrogen-bond donors (Lipinski definition) is 2. The number of rotatable bonds is 6. The first kappa shape index (κ1) is 21.7. The Kier molecular flexibility index (Phi) is 6.17. The van der Waals surface area contributed by atoms with Gasteiger partial charge in [0.05, 0.1) is 5.69 Å². The van der Waals surface area contributed by atoms with E-state index in [0.29, 0.717) is 15.7 Å². The molecule has 0 unspecified atom stereocenters. The molecule has 2 N–H and O–H groups in total. The fourth-order valence-corrected chi connectivity index (χ4v) is 5.31. The summed E-state index contributed by atoms with van der Waals surface area (Å²) >= 11 is 6.93. The Morgan fingerprint density at radius 3 is 2.88 bits per heavy atom. The average molecular weight is 477 g/mol. The average Bonchev–Trinajstić information content (AvgIpc) is 3.37. The number of aryl methyl sites for hydroxylation is 1. The van der Waals surface area contributed by atoms with Gasteiger partial charge in [0.25, 0.3) is 0 Å². The summed E-state index contributed by atoms with van der Waals surface area (Å²) in [6.45, 7) is 4.82. The van der Waals surface area contributed by atoms with Crippen molar-refractivity contribution in [1.82, 2.24) is 24.6 Å². The van der Waals surface area contributed by atoms with Crippen LogP contribution in [0.5, 0.6) is 0 Å². The van der Waals surface area contributed by atoms with Crippen LogP contribution >= 0.6 is 23.6 Å². The van der Waals surface area contributed by atoms with Crippen LogP contribution in [-0.4, -0.2) is 37.1 Å². The van der Waals surface area contributed by atoms with E-state index in [0.717, 1.165) is 42.9 Å². The Morgan fingerprint density at radius 2 is 2.06 bits per heavy atom. The van der Waals surface area contributed by atoms with E-state index in [-0.39, 0.29) is 12.5 Å². The van der Waals surface area contributed by atoms with Crippen LogP contribution in [0.3, 0.4) is 0 Å². The number of hydrogen-bond acceptors (Lipinski definition) is 6. The van der Waals surface area contributed by atoms with Gasteiger partial charge in [0, 0.05) is 36.5 Å². The Labute approximate surface area is 201 Å². The standard InChI is InChI=1S/C24H24N6OS2/c1-16-6-5-9-18(12-16)22-27-28-24(32)30(22)15-21(31)26-23-25-19-10-11-29(14-20(19)33-23)13-17-7-3-2-4-8-17/h2-9,12H,10-11,13-15H2,1H3,(H,28,32)(H,25,26,31). The fraction of sp³-hybridized carbons (Fsp3) is 0.250. The maximum Gasteiger partial charge on any atom is 0.246 e. The number of H-pyrrole nitrogens is 1. The minimum atomic E-state index is -0.173. The molecule has 0 radical (unpaired) electrons. The minimum Gasteiger partial charge on any atom is -0.300 e. The molecule has 0 aliphatic carbocycles. The number of thiazole rings is 1. The summed E-state index contributed by atoms with van der Waals surface area (Å²) in [6, 6.07) is 18.5. The number of anilines is 1. The van der Waals surface area contributed by atoms with Crippen molar-refractivity contribution in [2.45, 2.75) is 33.0 Å². The number of nitrogens with zero attached hydrogens (tertiary/aromatic N) is 4. The second-order valence-corrected chi connectivity index (χ2v) is 9.66. The minimum absolute atomic E-state index is 0.0724. The van der Waals surface area contributed by atoms with Crippen molar-refractivity contribution < 1.29 is 4.79 Å². The molecule has 168 valence electrons. The van der Waals surface area contributed by atoms with Crippen molar-refractivity contribution in [3.05, 3.63) is 81.1 Å². The first-order chi connectivity index (χ1) is 16.0. The summed E-state index contributed by atoms with van der Waals surface area (Å²) in [4.78, 5) is 21.1. The van der Waals surface area contributed by atoms with E-state index in [9.17, 15) is 4.79 Å². The number of aromatic nitrogens is 4. The van der Waals surface area contributed by atoms with Crippen molar-refractivity contribution in [2.75, 3.05) is 11.9 Å². The van der Waals surface area contributed by atoms with Crippen LogP contribution in [0.15, 0.2) is 54.6 Å². The molecule has 2 aromatic heterocycles. The van der Waals surface area contributed by atoms with Gasteiger partial charge in [-0.1, -0.05) is 54.1 Å². The van der Waals surface area contributed by atoms with Crippen LogP contribution in [0.25, 0.3) is 11.4 Å². The predicted octanol–water partition coefficient (Wildman–Crippen LogP) is 4.57. The largest absolute Gasteiger partial charge is 0.300 e. The molecule has 1 amide bonds. The molecular weight excluding hydrogens is 452 g/mol. The molecule has 1 aliphatic heterocycles. The monoisotopic (exact) mass is 476 g/mol. The molecule has 33 heavy (non-hydrogen) atoms. The third-order valence-corrected chi connectivity index (χ3v) is 6.95. The van der Waals surface area contributed by atoms with Gasteiger partial charge < -0.3 is 5.32 Å². The van der Waals surface area contributed by atoms with E-state index in [1.165, 1.54) is 10.4 Å². The molecule has 3 heterocycles. The van der Waals surface area contributed by atoms with Crippen LogP contribution < -0.4 is 5.32 Å². The van der Waals surface area contributed by atoms with Crippen molar-refractivity contribution in [3.8, 4) is 11.4 Å². The molecule has 5 rings (SSSR count). The van der Waals surface area contributed by atoms with E-state index in [4.69, 9.17) is 12.2 Å². The maximum atomic E-state index is 12.8. The highest BCUT2D eigenvalue weighted by atomic mass is 32.1. The zero-order valence-corrected chi connectivity index (χ0v) is 19.9. The van der Waals surface area contributed by atoms with Gasteiger partial charge in [-0.15, -0.1) is 11.3 Å². The Morgan fingerprint density at radius 1 is 1.21 bits per heavy atom. The third kappa shape index (κ3) is 4.95. The van der Waals surface area contributed by atoms with E-state index in [2.05, 4.69) is 49.7 Å². The van der Waals surface area contributed by atoms with Gasteiger partial charge in [-0.2, -0.15) is 5.10 Å². The molecule has 0 spiro atoms. The topological polar surface area (TPSA) is 78.8 Å². The van der Waals surface area contributed by atoms with Crippen LogP contribution in [0.2, 0.25) is 0 Å². The highest BCUT2D eigenvalue weighted by Crippen LogP contribution is 2.29. The quantitative estimate of drug-likeness (QED) is 0.399. The van der Waals surface area contributed by atoms with Crippen molar-refractivity contribution >= 4 is 34.6 Å². The Bertz CT molecular complexity index is 1340. The summed E-state index contributed by atoms with van der Waals surface area (Å²) in [6.07, 6.45) is 0.888. The van der Waals surface area contributed by atoms with Gasteiger partial charge in [0.2, 0.25) is 5.91 Å². The molecule has 7 nitrogen and oxygen atoms in total. The SMILES string of the molecule is Cc1cccc(-c2n[nH]c(=S)n2CC(=O)Nc2nc3c(s2)CN(Cc2ccccc2)CC3)c1. The fourth-order valence-electron chi connectivity index (χ4n) is 4.05. The van der Waals surface area contributed by atoms with Crippen LogP contribution in [0.4, 0.5) is 5.13 Å². The van der Waals surface area contributed by atoms with E-state index in [1.807, 2.05) is 37.3 Å². The van der Waals surface area contributed by atoms with Gasteiger partial charge in [0.1, 0.15) is 6.54 Å². The molecule has 2 aromatic carbocycles. The molecule has 4 aromatic rings. The van der Waals surface area contributed by atoms with Gasteiger partial charge in [-0.25, -0.2) is 4.98 Å². The van der Waals surface area contributed by atoms with Gasteiger partial charge in [-0.05, 0) is 30.8 Å². The van der Waals surface area contributed by atoms with Gasteiger partial charge >= 0.3 is 0 Å². The van der Waals surface area contributed by atoms with Gasteiger partial charge in [-0.3, -0.25) is 19.4 Å². The van der Waals surface area contributed by atoms with E-state index in [1.54, 1.807) is 15.9 Å². The van der Waals surface area contributed by atoms with E-state index >= 15 is 0 Å². The summed E-state index contributed by atoms with van der Waals surface area (Å²) < 4.78 is 2.13. The van der Waals surface area contributed by atoms with Crippen molar-refractivity contribution in [1.29, 1.82) is 0 Å². The number of aromatic amines is 1. The second-order valence-electron chi connectivity index (χ2n) is 8.19. The molecule has 0 fully saturated rings. The highest BCUT2D eigenvalue weighted by molar-refractivity contribution is 7.71. The molecule has 1 aliphatic rings. The zero-order valence-electron chi connectivity index (χ0n) is 18.2. The smallest absolute Gasteiger partial charge is 0.246 e. The third-order valence-electron chi connectivity index (χ3n) is 5.64. The maximum absolute atomic E-state index is 12.8. The van der Waals surface area contributed by atoms with Crippen molar-refractivity contribution in [2.24, 2.45) is 0 Å². The lowest BCUT2D eigenvalue weighted by molar-refractivity contribution is -0.116. The zero-order chi connectivity index (χ0) is 22.8. The summed E-state index contributed by atoms with van der Waals surface area (Å²) in [5.74, 6) is 0.475. The lowest BCUT2D eigenvalue weighted by atomic mass is 10.1.